The zero-order chi connectivity index (χ0) is 37.2. The predicted molar refractivity (Wildman–Crippen MR) is 186 cm³/mol. The van der Waals surface area contributed by atoms with E-state index in [1.54, 1.807) is 22.9 Å². The number of pyridine rings is 1. The average molecular weight is 756 g/mol. The molecule has 0 bridgehead atoms. The summed E-state index contributed by atoms with van der Waals surface area (Å²) in [5.74, 6) is -0.485. The highest BCUT2D eigenvalue weighted by Crippen LogP contribution is 2.50. The molecule has 0 radical (unpaired) electrons. The number of hydrogen-bond acceptors (Lipinski definition) is 9. The highest BCUT2D eigenvalue weighted by atomic mass is 35.5. The predicted octanol–water partition coefficient (Wildman–Crippen LogP) is 5.41. The number of alkyl halides is 3. The molecule has 5 aromatic rings. The SMILES string of the molecule is CC1CC2(CCN(Cc3ncccc3O)CC2)c2c1n(CC(=O)Nc1ccc(C(F)(F)F)cc1Cl)c1nc(-c3ccc(S(C)(=O)=O)cc3)nn1c2=O. The quantitative estimate of drug-likeness (QED) is 0.222. The van der Waals surface area contributed by atoms with Crippen LogP contribution in [0, 0.1) is 0 Å². The largest absolute Gasteiger partial charge is 0.506 e. The van der Waals surface area contributed by atoms with E-state index in [1.165, 1.54) is 24.3 Å². The second-order valence-corrected chi connectivity index (χ2v) is 15.9. The van der Waals surface area contributed by atoms with Crippen LogP contribution in [0.4, 0.5) is 18.9 Å². The maximum absolute atomic E-state index is 14.5. The van der Waals surface area contributed by atoms with Gasteiger partial charge in [0.2, 0.25) is 11.7 Å². The van der Waals surface area contributed by atoms with Crippen LogP contribution in [0.2, 0.25) is 5.02 Å². The first kappa shape index (κ1) is 35.6. The van der Waals surface area contributed by atoms with E-state index in [0.717, 1.165) is 29.0 Å². The summed E-state index contributed by atoms with van der Waals surface area (Å²) < 4.78 is 66.6. The van der Waals surface area contributed by atoms with Crippen LogP contribution < -0.4 is 10.9 Å². The lowest BCUT2D eigenvalue weighted by Crippen LogP contribution is -2.44. The maximum Gasteiger partial charge on any atom is 0.416 e. The van der Waals surface area contributed by atoms with E-state index in [4.69, 9.17) is 11.6 Å². The van der Waals surface area contributed by atoms with Crippen molar-refractivity contribution in [1.29, 1.82) is 0 Å². The van der Waals surface area contributed by atoms with Crippen LogP contribution in [0.25, 0.3) is 17.2 Å². The zero-order valence-electron chi connectivity index (χ0n) is 28.0. The molecule has 1 aliphatic carbocycles. The number of halogens is 4. The standard InChI is InChI=1S/C35H33ClF3N7O5S/c1-20-17-34(11-14-44(15-12-34)18-26-27(47)4-3-13-40-26)29-30(20)45(19-28(48)41-25-10-7-22(16-24(25)36)35(37,38)39)33-42-31(43-46(33)32(29)49)21-5-8-23(9-6-21)52(2,50)51/h3-10,13,16,20,47H,11-12,14-15,17-19H2,1-2H3,(H,41,48). The van der Waals surface area contributed by atoms with E-state index in [1.807, 2.05) is 6.92 Å². The summed E-state index contributed by atoms with van der Waals surface area (Å²) in [7, 11) is -3.47. The molecular weight excluding hydrogens is 723 g/mol. The number of carbonyl (C=O) groups excluding carboxylic acids is 1. The smallest absolute Gasteiger partial charge is 0.416 e. The van der Waals surface area contributed by atoms with Crippen molar-refractivity contribution < 1.29 is 31.5 Å². The minimum atomic E-state index is -4.62. The third kappa shape index (κ3) is 6.54. The van der Waals surface area contributed by atoms with Crippen LogP contribution in [0.1, 0.15) is 54.6 Å². The number of amides is 1. The lowest BCUT2D eigenvalue weighted by Gasteiger charge is -2.39. The summed E-state index contributed by atoms with van der Waals surface area (Å²) >= 11 is 6.15. The number of hydrogen-bond donors (Lipinski definition) is 2. The molecule has 12 nitrogen and oxygen atoms in total. The molecule has 52 heavy (non-hydrogen) atoms. The van der Waals surface area contributed by atoms with E-state index < -0.39 is 32.9 Å². The normalized spacial score (nSPS) is 17.5. The van der Waals surface area contributed by atoms with Crippen molar-refractivity contribution in [1.82, 2.24) is 29.0 Å². The Bertz CT molecular complexity index is 2390. The van der Waals surface area contributed by atoms with Crippen molar-refractivity contribution in [3.63, 3.8) is 0 Å². The van der Waals surface area contributed by atoms with Gasteiger partial charge in [0.15, 0.2) is 15.7 Å². The molecule has 7 rings (SSSR count). The van der Waals surface area contributed by atoms with Gasteiger partial charge >= 0.3 is 6.18 Å². The fraction of sp³-hybridized carbons (Fsp3) is 0.343. The number of fused-ring (bicyclic) bond motifs is 3. The molecule has 1 saturated heterocycles. The molecule has 1 fully saturated rings. The van der Waals surface area contributed by atoms with Gasteiger partial charge in [-0.15, -0.1) is 5.10 Å². The van der Waals surface area contributed by atoms with Crippen LogP contribution in [0.15, 0.2) is 70.5 Å². The van der Waals surface area contributed by atoms with Crippen LogP contribution in [0.5, 0.6) is 5.75 Å². The highest BCUT2D eigenvalue weighted by Gasteiger charge is 2.48. The Labute approximate surface area is 300 Å². The van der Waals surface area contributed by atoms with Gasteiger partial charge in [0.05, 0.1) is 26.9 Å². The summed E-state index contributed by atoms with van der Waals surface area (Å²) in [6, 6.07) is 11.8. The van der Waals surface area contributed by atoms with Crippen molar-refractivity contribution in [3.8, 4) is 17.1 Å². The number of nitrogens with zero attached hydrogens (tertiary/aromatic N) is 6. The van der Waals surface area contributed by atoms with Gasteiger partial charge in [0.1, 0.15) is 12.3 Å². The number of carbonyl (C=O) groups is 1. The van der Waals surface area contributed by atoms with E-state index in [0.29, 0.717) is 61.4 Å². The average Bonchev–Trinajstić information content (AvgIpc) is 3.65. The van der Waals surface area contributed by atoms with Gasteiger partial charge in [-0.2, -0.15) is 22.7 Å². The van der Waals surface area contributed by atoms with Crippen LogP contribution >= 0.6 is 11.6 Å². The molecule has 1 unspecified atom stereocenters. The molecule has 2 aliphatic rings. The summed E-state index contributed by atoms with van der Waals surface area (Å²) in [4.78, 5) is 39.3. The van der Waals surface area contributed by atoms with Gasteiger partial charge in [-0.3, -0.25) is 19.5 Å². The Morgan fingerprint density at radius 2 is 1.83 bits per heavy atom. The van der Waals surface area contributed by atoms with Gasteiger partial charge < -0.3 is 15.0 Å². The Hall–Kier alpha value is -4.80. The van der Waals surface area contributed by atoms with Crippen molar-refractivity contribution in [2.75, 3.05) is 24.7 Å². The lowest BCUT2D eigenvalue weighted by atomic mass is 9.73. The molecule has 3 aromatic heterocycles. The molecule has 1 atom stereocenters. The minimum Gasteiger partial charge on any atom is -0.506 e. The van der Waals surface area contributed by atoms with Gasteiger partial charge in [0.25, 0.3) is 5.56 Å². The Balaban J connectivity index is 1.28. The first-order chi connectivity index (χ1) is 24.5. The number of anilines is 1. The lowest BCUT2D eigenvalue weighted by molar-refractivity contribution is -0.137. The highest BCUT2D eigenvalue weighted by molar-refractivity contribution is 7.90. The number of rotatable bonds is 7. The van der Waals surface area contributed by atoms with Gasteiger partial charge in [0, 0.05) is 41.2 Å². The minimum absolute atomic E-state index is 0.0164. The van der Waals surface area contributed by atoms with Crippen LogP contribution in [-0.4, -0.2) is 67.8 Å². The molecule has 1 amide bonds. The van der Waals surface area contributed by atoms with Gasteiger partial charge in [-0.25, -0.2) is 8.42 Å². The summed E-state index contributed by atoms with van der Waals surface area (Å²) in [5, 5.41) is 17.1. The molecule has 1 aliphatic heterocycles. The molecule has 4 heterocycles. The topological polar surface area (TPSA) is 152 Å². The summed E-state index contributed by atoms with van der Waals surface area (Å²) in [5.41, 5.74) is 0.236. The van der Waals surface area contributed by atoms with Crippen molar-refractivity contribution >= 4 is 38.8 Å². The molecule has 1 spiro atoms. The fourth-order valence-electron chi connectivity index (χ4n) is 7.48. The number of aromatic hydroxyl groups is 1. The monoisotopic (exact) mass is 755 g/mol. The van der Waals surface area contributed by atoms with Gasteiger partial charge in [-0.05, 0) is 92.9 Å². The Kier molecular flexibility index (Phi) is 8.90. The molecule has 17 heteroatoms. The zero-order valence-corrected chi connectivity index (χ0v) is 29.6. The van der Waals surface area contributed by atoms with Crippen molar-refractivity contribution in [2.45, 2.75) is 61.7 Å². The van der Waals surface area contributed by atoms with Crippen molar-refractivity contribution in [2.24, 2.45) is 0 Å². The number of benzene rings is 2. The Morgan fingerprint density at radius 1 is 1.12 bits per heavy atom. The van der Waals surface area contributed by atoms with E-state index in [2.05, 4.69) is 25.3 Å². The van der Waals surface area contributed by atoms with E-state index >= 15 is 0 Å². The number of aromatic nitrogens is 5. The Morgan fingerprint density at radius 3 is 2.46 bits per heavy atom. The molecule has 272 valence electrons. The third-order valence-electron chi connectivity index (χ3n) is 9.94. The molecular formula is C35H33ClF3N7O5S. The molecule has 2 aromatic carbocycles. The fourth-order valence-corrected chi connectivity index (χ4v) is 8.34. The summed E-state index contributed by atoms with van der Waals surface area (Å²) in [6.07, 6.45) is -0.0583. The third-order valence-corrected chi connectivity index (χ3v) is 11.4. The van der Waals surface area contributed by atoms with E-state index in [9.17, 15) is 36.3 Å². The van der Waals surface area contributed by atoms with Crippen molar-refractivity contribution in [3.05, 3.63) is 98.7 Å². The first-order valence-electron chi connectivity index (χ1n) is 16.4. The van der Waals surface area contributed by atoms with Crippen LogP contribution in [0.3, 0.4) is 0 Å². The van der Waals surface area contributed by atoms with Gasteiger partial charge in [-0.1, -0.05) is 18.5 Å². The molecule has 2 N–H and O–H groups in total. The van der Waals surface area contributed by atoms with E-state index in [-0.39, 0.29) is 51.0 Å². The number of sulfone groups is 1. The summed E-state index contributed by atoms with van der Waals surface area (Å²) in [6.45, 7) is 3.28. The second-order valence-electron chi connectivity index (χ2n) is 13.5. The maximum atomic E-state index is 14.5. The number of piperidine rings is 1. The molecule has 0 saturated carbocycles. The second kappa shape index (κ2) is 13.0. The van der Waals surface area contributed by atoms with Crippen LogP contribution in [-0.2, 0) is 39.3 Å². The first-order valence-corrected chi connectivity index (χ1v) is 18.7. The number of nitrogens with one attached hydrogen (secondary N) is 1. The number of likely N-dealkylation sites (tertiary alicyclic amines) is 1.